The molecule has 2 fully saturated rings. The summed E-state index contributed by atoms with van der Waals surface area (Å²) in [6.45, 7) is 4.24. The summed E-state index contributed by atoms with van der Waals surface area (Å²) in [5.41, 5.74) is 0.288. The predicted octanol–water partition coefficient (Wildman–Crippen LogP) is 4.95. The van der Waals surface area contributed by atoms with Crippen molar-refractivity contribution in [3.63, 3.8) is 0 Å². The van der Waals surface area contributed by atoms with Crippen LogP contribution in [0.4, 0.5) is 10.3 Å². The van der Waals surface area contributed by atoms with Crippen LogP contribution in [-0.2, 0) is 0 Å². The third kappa shape index (κ3) is 4.70. The van der Waals surface area contributed by atoms with Crippen LogP contribution >= 0.6 is 11.6 Å². The Bertz CT molecular complexity index is 1070. The average molecular weight is 458 g/mol. The molecule has 0 amide bonds. The maximum absolute atomic E-state index is 14.4. The van der Waals surface area contributed by atoms with Crippen molar-refractivity contribution in [2.24, 2.45) is 17.8 Å². The van der Waals surface area contributed by atoms with E-state index in [1.54, 1.807) is 31.5 Å². The Morgan fingerprint density at radius 2 is 1.97 bits per heavy atom. The highest BCUT2D eigenvalue weighted by Gasteiger charge is 2.43. The van der Waals surface area contributed by atoms with E-state index < -0.39 is 5.82 Å². The second-order valence-electron chi connectivity index (χ2n) is 8.59. The molecule has 2 aromatic heterocycles. The Morgan fingerprint density at radius 1 is 1.19 bits per heavy atom. The number of aromatic nitrogens is 4. The minimum Gasteiger partial charge on any atom is -0.493 e. The predicted molar refractivity (Wildman–Crippen MR) is 118 cm³/mol. The van der Waals surface area contributed by atoms with E-state index in [2.05, 4.69) is 25.1 Å². The Kier molecular flexibility index (Phi) is 5.95. The van der Waals surface area contributed by atoms with Crippen molar-refractivity contribution in [3.8, 4) is 17.2 Å². The van der Waals surface area contributed by atoms with Gasteiger partial charge in [-0.05, 0) is 55.6 Å². The fourth-order valence-corrected chi connectivity index (χ4v) is 4.77. The van der Waals surface area contributed by atoms with Gasteiger partial charge in [-0.25, -0.2) is 14.4 Å². The molecular formula is C23H25ClFN5O2. The van der Waals surface area contributed by atoms with E-state index in [4.69, 9.17) is 20.8 Å². The van der Waals surface area contributed by atoms with Gasteiger partial charge in [-0.3, -0.25) is 0 Å². The first-order chi connectivity index (χ1) is 15.6. The standard InChI is InChI=1S/C23H25ClFN5O2/c1-14-28-29-22(32-14)19-3-2-18(11-21(19)25)31-9-6-16-10-20(16)15-4-7-30(8-5-15)23-26-12-17(24)13-27-23/h2-3,11-13,15-16,20H,4-10H2,1H3/t16-,20-/m0/s1. The summed E-state index contributed by atoms with van der Waals surface area (Å²) in [7, 11) is 0. The number of benzene rings is 1. The molecule has 0 radical (unpaired) electrons. The minimum atomic E-state index is -0.424. The second-order valence-corrected chi connectivity index (χ2v) is 9.03. The molecule has 1 aliphatic heterocycles. The van der Waals surface area contributed by atoms with Crippen LogP contribution in [0.3, 0.4) is 0 Å². The second kappa shape index (κ2) is 9.02. The summed E-state index contributed by atoms with van der Waals surface area (Å²) in [6.07, 6.45) is 7.88. The summed E-state index contributed by atoms with van der Waals surface area (Å²) in [6, 6.07) is 4.75. The van der Waals surface area contributed by atoms with Gasteiger partial charge in [-0.2, -0.15) is 0 Å². The molecule has 7 nitrogen and oxygen atoms in total. The number of ether oxygens (including phenoxy) is 1. The van der Waals surface area contributed by atoms with Gasteiger partial charge < -0.3 is 14.1 Å². The molecule has 5 rings (SSSR count). The number of halogens is 2. The summed E-state index contributed by atoms with van der Waals surface area (Å²) in [5, 5.41) is 8.17. The SMILES string of the molecule is Cc1nnc(-c2ccc(OCC[C@H]3C[C@H]3C3CCN(c4ncc(Cl)cn4)CC3)cc2F)o1. The van der Waals surface area contributed by atoms with Gasteiger partial charge >= 0.3 is 0 Å². The molecule has 168 valence electrons. The third-order valence-electron chi connectivity index (χ3n) is 6.47. The number of anilines is 1. The number of hydrogen-bond donors (Lipinski definition) is 0. The maximum Gasteiger partial charge on any atom is 0.250 e. The summed E-state index contributed by atoms with van der Waals surface area (Å²) in [5.74, 6) is 3.67. The van der Waals surface area contributed by atoms with E-state index in [-0.39, 0.29) is 11.5 Å². The fraction of sp³-hybridized carbons (Fsp3) is 0.478. The molecule has 1 saturated heterocycles. The molecule has 2 atom stereocenters. The van der Waals surface area contributed by atoms with E-state index in [0.29, 0.717) is 29.2 Å². The lowest BCUT2D eigenvalue weighted by Gasteiger charge is -2.32. The molecule has 32 heavy (non-hydrogen) atoms. The zero-order valence-corrected chi connectivity index (χ0v) is 18.6. The minimum absolute atomic E-state index is 0.182. The van der Waals surface area contributed by atoms with Gasteiger partial charge in [0, 0.05) is 26.1 Å². The Hall–Kier alpha value is -2.74. The zero-order valence-electron chi connectivity index (χ0n) is 17.9. The first kappa shape index (κ1) is 21.1. The Morgan fingerprint density at radius 3 is 2.66 bits per heavy atom. The highest BCUT2D eigenvalue weighted by Crippen LogP contribution is 2.49. The topological polar surface area (TPSA) is 77.2 Å². The van der Waals surface area contributed by atoms with E-state index in [1.165, 1.54) is 12.5 Å². The Labute approximate surface area is 191 Å². The van der Waals surface area contributed by atoms with E-state index in [0.717, 1.165) is 50.1 Å². The van der Waals surface area contributed by atoms with Crippen molar-refractivity contribution < 1.29 is 13.5 Å². The normalized spacial score (nSPS) is 21.0. The van der Waals surface area contributed by atoms with Gasteiger partial charge in [0.2, 0.25) is 11.8 Å². The average Bonchev–Trinajstić information content (AvgIpc) is 3.44. The van der Waals surface area contributed by atoms with Crippen LogP contribution in [0.5, 0.6) is 5.75 Å². The number of aryl methyl sites for hydroxylation is 1. The Balaban J connectivity index is 1.06. The lowest BCUT2D eigenvalue weighted by Crippen LogP contribution is -2.35. The lowest BCUT2D eigenvalue weighted by atomic mass is 9.90. The number of hydrogen-bond acceptors (Lipinski definition) is 7. The molecule has 3 heterocycles. The van der Waals surface area contributed by atoms with Crippen molar-refractivity contribution in [3.05, 3.63) is 47.3 Å². The molecule has 0 N–H and O–H groups in total. The molecule has 0 unspecified atom stereocenters. The molecule has 1 aromatic carbocycles. The van der Waals surface area contributed by atoms with Crippen LogP contribution in [0.25, 0.3) is 11.5 Å². The fourth-order valence-electron chi connectivity index (χ4n) is 4.67. The number of piperidine rings is 1. The molecule has 2 aliphatic rings. The van der Waals surface area contributed by atoms with Crippen molar-refractivity contribution in [1.82, 2.24) is 20.2 Å². The van der Waals surface area contributed by atoms with E-state index in [9.17, 15) is 4.39 Å². The van der Waals surface area contributed by atoms with Crippen LogP contribution in [-0.4, -0.2) is 39.9 Å². The van der Waals surface area contributed by atoms with Gasteiger partial charge in [0.1, 0.15) is 11.6 Å². The van der Waals surface area contributed by atoms with Gasteiger partial charge in [-0.15, -0.1) is 10.2 Å². The lowest BCUT2D eigenvalue weighted by molar-refractivity contribution is 0.283. The maximum atomic E-state index is 14.4. The highest BCUT2D eigenvalue weighted by molar-refractivity contribution is 6.30. The van der Waals surface area contributed by atoms with Crippen molar-refractivity contribution in [2.45, 2.75) is 32.6 Å². The van der Waals surface area contributed by atoms with Crippen molar-refractivity contribution in [2.75, 3.05) is 24.6 Å². The van der Waals surface area contributed by atoms with Crippen molar-refractivity contribution >= 4 is 17.5 Å². The molecule has 1 saturated carbocycles. The monoisotopic (exact) mass is 457 g/mol. The molecule has 0 spiro atoms. The highest BCUT2D eigenvalue weighted by atomic mass is 35.5. The number of rotatable bonds is 7. The largest absolute Gasteiger partial charge is 0.493 e. The molecule has 9 heteroatoms. The first-order valence-corrected chi connectivity index (χ1v) is 11.4. The van der Waals surface area contributed by atoms with Crippen LogP contribution in [0.2, 0.25) is 5.02 Å². The van der Waals surface area contributed by atoms with Gasteiger partial charge in [0.05, 0.1) is 29.6 Å². The zero-order chi connectivity index (χ0) is 22.1. The molecular weight excluding hydrogens is 433 g/mol. The smallest absolute Gasteiger partial charge is 0.250 e. The van der Waals surface area contributed by atoms with Crippen LogP contribution in [0.1, 0.15) is 31.6 Å². The van der Waals surface area contributed by atoms with Crippen LogP contribution < -0.4 is 9.64 Å². The third-order valence-corrected chi connectivity index (χ3v) is 6.66. The molecule has 3 aromatic rings. The summed E-state index contributed by atoms with van der Waals surface area (Å²) < 4.78 is 25.5. The van der Waals surface area contributed by atoms with E-state index >= 15 is 0 Å². The van der Waals surface area contributed by atoms with Crippen molar-refractivity contribution in [1.29, 1.82) is 0 Å². The first-order valence-electron chi connectivity index (χ1n) is 11.0. The number of nitrogens with zero attached hydrogens (tertiary/aromatic N) is 5. The van der Waals surface area contributed by atoms with Gasteiger partial charge in [0.15, 0.2) is 0 Å². The molecule has 1 aliphatic carbocycles. The van der Waals surface area contributed by atoms with Gasteiger partial charge in [0.25, 0.3) is 5.89 Å². The van der Waals surface area contributed by atoms with Gasteiger partial charge in [-0.1, -0.05) is 11.6 Å². The summed E-state index contributed by atoms with van der Waals surface area (Å²) >= 11 is 5.88. The van der Waals surface area contributed by atoms with Crippen LogP contribution in [0, 0.1) is 30.5 Å². The van der Waals surface area contributed by atoms with Crippen LogP contribution in [0.15, 0.2) is 35.0 Å². The van der Waals surface area contributed by atoms with E-state index in [1.807, 2.05) is 0 Å². The quantitative estimate of drug-likeness (QED) is 0.496. The molecule has 0 bridgehead atoms. The summed E-state index contributed by atoms with van der Waals surface area (Å²) in [4.78, 5) is 10.9.